The summed E-state index contributed by atoms with van der Waals surface area (Å²) in [5.74, 6) is -2.29. The lowest BCUT2D eigenvalue weighted by molar-refractivity contribution is -0.275. The predicted octanol–water partition coefficient (Wildman–Crippen LogP) is 4.68. The second kappa shape index (κ2) is 8.12. The van der Waals surface area contributed by atoms with Gasteiger partial charge in [0.25, 0.3) is 5.91 Å². The fourth-order valence-corrected chi connectivity index (χ4v) is 4.24. The molecule has 1 atom stereocenters. The van der Waals surface area contributed by atoms with Crippen LogP contribution in [0, 0.1) is 5.82 Å². The topological polar surface area (TPSA) is 65.4 Å². The summed E-state index contributed by atoms with van der Waals surface area (Å²) >= 11 is 3.31. The summed E-state index contributed by atoms with van der Waals surface area (Å²) in [5, 5.41) is 2.92. The van der Waals surface area contributed by atoms with Gasteiger partial charge < -0.3 is 19.4 Å². The highest BCUT2D eigenvalue weighted by Gasteiger charge is 2.43. The number of aromatic nitrogens is 2. The van der Waals surface area contributed by atoms with Crippen LogP contribution in [-0.2, 0) is 12.6 Å². The monoisotopic (exact) mass is 513 g/mol. The first-order valence-electron chi connectivity index (χ1n) is 9.37. The molecule has 1 N–H and O–H groups in total. The van der Waals surface area contributed by atoms with Crippen LogP contribution in [0.2, 0.25) is 0 Å². The highest BCUT2D eigenvalue weighted by Crippen LogP contribution is 2.42. The Morgan fingerprint density at radius 2 is 2.09 bits per heavy atom. The maximum absolute atomic E-state index is 14.6. The van der Waals surface area contributed by atoms with E-state index in [4.69, 9.17) is 4.74 Å². The Hall–Kier alpha value is -3.08. The zero-order valence-corrected chi connectivity index (χ0v) is 18.1. The number of hydrogen-bond acceptors (Lipinski definition) is 4. The average molecular weight is 514 g/mol. The van der Waals surface area contributed by atoms with Crippen LogP contribution < -0.4 is 14.8 Å². The van der Waals surface area contributed by atoms with Crippen LogP contribution in [0.1, 0.15) is 28.2 Å². The zero-order valence-electron chi connectivity index (χ0n) is 16.5. The molecule has 0 fully saturated rings. The van der Waals surface area contributed by atoms with E-state index in [2.05, 4.69) is 31.0 Å². The molecule has 4 rings (SSSR count). The number of nitrogens with one attached hydrogen (secondary N) is 1. The van der Waals surface area contributed by atoms with Crippen LogP contribution in [0.25, 0.3) is 0 Å². The molecule has 0 saturated carbocycles. The van der Waals surface area contributed by atoms with Gasteiger partial charge in [0, 0.05) is 30.3 Å². The number of carbonyl (C=O) groups excluding carboxylic acids is 1. The second-order valence-corrected chi connectivity index (χ2v) is 8.07. The Kier molecular flexibility index (Phi) is 5.61. The van der Waals surface area contributed by atoms with Crippen LogP contribution in [-0.4, -0.2) is 28.4 Å². The molecule has 11 heteroatoms. The maximum atomic E-state index is 14.6. The summed E-state index contributed by atoms with van der Waals surface area (Å²) in [6, 6.07) is 7.97. The van der Waals surface area contributed by atoms with Gasteiger partial charge in [-0.2, -0.15) is 0 Å². The third-order valence-electron chi connectivity index (χ3n) is 5.09. The first-order valence-corrected chi connectivity index (χ1v) is 10.2. The first kappa shape index (κ1) is 22.1. The minimum atomic E-state index is -5.04. The number of hydrogen-bond donors (Lipinski definition) is 1. The van der Waals surface area contributed by atoms with E-state index in [0.717, 1.165) is 12.1 Å². The smallest absolute Gasteiger partial charge is 0.491 e. The van der Waals surface area contributed by atoms with Gasteiger partial charge >= 0.3 is 6.36 Å². The number of ether oxygens (including phenoxy) is 2. The minimum Gasteiger partial charge on any atom is -0.491 e. The van der Waals surface area contributed by atoms with Crippen molar-refractivity contribution in [2.45, 2.75) is 18.3 Å². The van der Waals surface area contributed by atoms with Crippen LogP contribution in [0.15, 0.2) is 53.3 Å². The van der Waals surface area contributed by atoms with Crippen molar-refractivity contribution in [3.8, 4) is 11.5 Å². The lowest BCUT2D eigenvalue weighted by Gasteiger charge is -2.39. The number of benzene rings is 1. The van der Waals surface area contributed by atoms with Crippen LogP contribution in [0.4, 0.5) is 17.6 Å². The Morgan fingerprint density at radius 3 is 2.75 bits per heavy atom. The number of amides is 1. The molecular formula is C21H16BrF4N3O3. The fraction of sp³-hybridized carbons (Fsp3) is 0.238. The zero-order chi connectivity index (χ0) is 23.1. The summed E-state index contributed by atoms with van der Waals surface area (Å²) in [5.41, 5.74) is -0.510. The highest BCUT2D eigenvalue weighted by atomic mass is 79.9. The summed E-state index contributed by atoms with van der Waals surface area (Å²) in [4.78, 5) is 17.5. The normalized spacial score (nSPS) is 17.9. The van der Waals surface area contributed by atoms with Gasteiger partial charge in [-0.15, -0.1) is 13.2 Å². The number of rotatable bonds is 4. The van der Waals surface area contributed by atoms with Gasteiger partial charge in [-0.1, -0.05) is 6.07 Å². The molecule has 0 spiro atoms. The molecule has 1 aliphatic heterocycles. The van der Waals surface area contributed by atoms with E-state index in [9.17, 15) is 22.4 Å². The number of alkyl halides is 3. The third kappa shape index (κ3) is 4.16. The first-order chi connectivity index (χ1) is 15.1. The highest BCUT2D eigenvalue weighted by molar-refractivity contribution is 9.10. The van der Waals surface area contributed by atoms with Crippen molar-refractivity contribution in [1.29, 1.82) is 0 Å². The SMILES string of the molecule is Cn1cc(Br)cc1C(=O)NC1(c2ccc(OC(F)(F)F)c(F)c2)CCOc2cccnc21. The number of pyridine rings is 1. The fourth-order valence-electron chi connectivity index (χ4n) is 3.72. The van der Waals surface area contributed by atoms with E-state index in [1.807, 2.05) is 0 Å². The van der Waals surface area contributed by atoms with E-state index >= 15 is 0 Å². The van der Waals surface area contributed by atoms with E-state index in [1.165, 1.54) is 12.3 Å². The van der Waals surface area contributed by atoms with Gasteiger partial charge in [0.1, 0.15) is 22.7 Å². The number of nitrogens with zero attached hydrogens (tertiary/aromatic N) is 2. The number of aryl methyl sites for hydroxylation is 1. The molecule has 168 valence electrons. The van der Waals surface area contributed by atoms with Crippen molar-refractivity contribution in [2.24, 2.45) is 7.05 Å². The molecule has 1 aliphatic rings. The van der Waals surface area contributed by atoms with Crippen molar-refractivity contribution in [3.05, 3.63) is 76.0 Å². The van der Waals surface area contributed by atoms with Crippen molar-refractivity contribution >= 4 is 21.8 Å². The maximum Gasteiger partial charge on any atom is 0.573 e. The van der Waals surface area contributed by atoms with Crippen molar-refractivity contribution in [1.82, 2.24) is 14.9 Å². The largest absolute Gasteiger partial charge is 0.573 e. The van der Waals surface area contributed by atoms with E-state index in [-0.39, 0.29) is 18.6 Å². The summed E-state index contributed by atoms with van der Waals surface area (Å²) in [7, 11) is 1.69. The molecule has 1 amide bonds. The molecule has 0 saturated heterocycles. The van der Waals surface area contributed by atoms with Gasteiger partial charge in [0.2, 0.25) is 0 Å². The molecule has 2 aromatic heterocycles. The molecule has 3 aromatic rings. The van der Waals surface area contributed by atoms with Crippen LogP contribution in [0.3, 0.4) is 0 Å². The molecule has 3 heterocycles. The third-order valence-corrected chi connectivity index (χ3v) is 5.52. The van der Waals surface area contributed by atoms with Crippen LogP contribution >= 0.6 is 15.9 Å². The standard InChI is InChI=1S/C21H16BrF4N3O3/c1-29-11-13(22)10-15(29)19(30)28-20(6-8-31-17-3-2-7-27-18(17)20)12-4-5-16(14(23)9-12)32-21(24,25)26/h2-5,7,9-11H,6,8H2,1H3,(H,28,30). The summed E-state index contributed by atoms with van der Waals surface area (Å²) in [6.45, 7) is 0.165. The van der Waals surface area contributed by atoms with Gasteiger partial charge in [-0.05, 0) is 51.8 Å². The predicted molar refractivity (Wildman–Crippen MR) is 109 cm³/mol. The van der Waals surface area contributed by atoms with E-state index < -0.39 is 29.4 Å². The quantitative estimate of drug-likeness (QED) is 0.514. The lowest BCUT2D eigenvalue weighted by Crippen LogP contribution is -2.50. The Morgan fingerprint density at radius 1 is 1.31 bits per heavy atom. The van der Waals surface area contributed by atoms with Gasteiger partial charge in [-0.3, -0.25) is 9.78 Å². The number of fused-ring (bicyclic) bond motifs is 1. The Labute approximate surface area is 188 Å². The summed E-state index contributed by atoms with van der Waals surface area (Å²) < 4.78 is 64.0. The second-order valence-electron chi connectivity index (χ2n) is 7.16. The van der Waals surface area contributed by atoms with Gasteiger partial charge in [0.15, 0.2) is 11.6 Å². The van der Waals surface area contributed by atoms with Crippen LogP contribution in [0.5, 0.6) is 11.5 Å². The minimum absolute atomic E-state index is 0.165. The molecule has 1 aromatic carbocycles. The summed E-state index contributed by atoms with van der Waals surface area (Å²) in [6.07, 6.45) is -1.68. The van der Waals surface area contributed by atoms with E-state index in [0.29, 0.717) is 21.6 Å². The molecule has 32 heavy (non-hydrogen) atoms. The molecule has 6 nitrogen and oxygen atoms in total. The molecular weight excluding hydrogens is 498 g/mol. The van der Waals surface area contributed by atoms with Gasteiger partial charge in [-0.25, -0.2) is 4.39 Å². The molecule has 0 bridgehead atoms. The van der Waals surface area contributed by atoms with E-state index in [1.54, 1.807) is 36.0 Å². The molecule has 0 radical (unpaired) electrons. The average Bonchev–Trinajstić information content (AvgIpc) is 3.07. The Bertz CT molecular complexity index is 1180. The van der Waals surface area contributed by atoms with Crippen molar-refractivity contribution in [2.75, 3.05) is 6.61 Å². The molecule has 1 unspecified atom stereocenters. The number of halogens is 5. The Balaban J connectivity index is 1.82. The molecule has 0 aliphatic carbocycles. The lowest BCUT2D eigenvalue weighted by atomic mass is 9.81. The van der Waals surface area contributed by atoms with Crippen molar-refractivity contribution < 1.29 is 31.8 Å². The number of carbonyl (C=O) groups is 1. The van der Waals surface area contributed by atoms with Crippen molar-refractivity contribution in [3.63, 3.8) is 0 Å². The van der Waals surface area contributed by atoms with Gasteiger partial charge in [0.05, 0.1) is 6.61 Å².